The number of carboxylic acids is 1. The molecule has 1 atom stereocenters. The minimum atomic E-state index is -1.73. The Balaban J connectivity index is 2.99. The van der Waals surface area contributed by atoms with Gasteiger partial charge in [0.25, 0.3) is 0 Å². The molecule has 1 rings (SSSR count). The number of likely N-dealkylation sites (tertiary alicyclic amines) is 1. The molecule has 1 aliphatic rings. The first-order valence-electron chi connectivity index (χ1n) is 3.69. The second-order valence-electron chi connectivity index (χ2n) is 2.95. The van der Waals surface area contributed by atoms with Gasteiger partial charge in [-0.15, -0.1) is 12.6 Å². The van der Waals surface area contributed by atoms with Crippen LogP contribution in [-0.4, -0.2) is 32.7 Å². The summed E-state index contributed by atoms with van der Waals surface area (Å²) in [4.78, 5) is 31.9. The Bertz CT molecular complexity index is 270. The molecule has 1 unspecified atom stereocenters. The highest BCUT2D eigenvalue weighted by atomic mass is 32.1. The van der Waals surface area contributed by atoms with Gasteiger partial charge in [-0.25, -0.2) is 4.79 Å². The summed E-state index contributed by atoms with van der Waals surface area (Å²) in [5.41, 5.74) is 0. The summed E-state index contributed by atoms with van der Waals surface area (Å²) in [5.74, 6) is -2.27. The first kappa shape index (κ1) is 10.0. The summed E-state index contributed by atoms with van der Waals surface area (Å²) in [6.45, 7) is 1.21. The molecule has 1 aliphatic heterocycles. The third-order valence-electron chi connectivity index (χ3n) is 1.89. The number of aliphatic carboxylic acids is 1. The molecule has 13 heavy (non-hydrogen) atoms. The molecular weight excluding hydrogens is 194 g/mol. The van der Waals surface area contributed by atoms with Crippen LogP contribution in [0.2, 0.25) is 0 Å². The molecule has 0 radical (unpaired) electrons. The summed E-state index contributed by atoms with van der Waals surface area (Å²) < 4.78 is 0. The Morgan fingerprint density at radius 2 is 1.85 bits per heavy atom. The van der Waals surface area contributed by atoms with Crippen LogP contribution in [0.25, 0.3) is 0 Å². The molecular formula is C7H9NO4S. The normalized spacial score (nSPS) is 21.8. The fourth-order valence-corrected chi connectivity index (χ4v) is 1.38. The highest BCUT2D eigenvalue weighted by Gasteiger charge is 2.45. The molecule has 5 nitrogen and oxygen atoms in total. The highest BCUT2D eigenvalue weighted by molar-refractivity contribution is 7.82. The van der Waals surface area contributed by atoms with E-state index in [0.29, 0.717) is 4.90 Å². The third-order valence-corrected chi connectivity index (χ3v) is 2.28. The van der Waals surface area contributed by atoms with E-state index in [9.17, 15) is 14.4 Å². The van der Waals surface area contributed by atoms with Crippen LogP contribution in [0.1, 0.15) is 19.8 Å². The minimum absolute atomic E-state index is 0.0717. The van der Waals surface area contributed by atoms with Crippen molar-refractivity contribution in [3.05, 3.63) is 0 Å². The Morgan fingerprint density at radius 3 is 2.15 bits per heavy atom. The van der Waals surface area contributed by atoms with E-state index in [2.05, 4.69) is 12.6 Å². The van der Waals surface area contributed by atoms with Crippen molar-refractivity contribution in [2.24, 2.45) is 0 Å². The molecule has 0 saturated carbocycles. The lowest BCUT2D eigenvalue weighted by molar-refractivity contribution is -0.155. The van der Waals surface area contributed by atoms with E-state index in [1.807, 2.05) is 0 Å². The number of hydrogen-bond donors (Lipinski definition) is 2. The molecule has 2 amide bonds. The van der Waals surface area contributed by atoms with Gasteiger partial charge >= 0.3 is 5.97 Å². The van der Waals surface area contributed by atoms with Crippen molar-refractivity contribution in [1.82, 2.24) is 4.90 Å². The predicted octanol–water partition coefficient (Wildman–Crippen LogP) is -0.134. The van der Waals surface area contributed by atoms with Crippen molar-refractivity contribution in [2.75, 3.05) is 0 Å². The summed E-state index contributed by atoms with van der Waals surface area (Å²) in [7, 11) is 0. The van der Waals surface area contributed by atoms with Gasteiger partial charge in [0.15, 0.2) is 4.87 Å². The molecule has 1 N–H and O–H groups in total. The van der Waals surface area contributed by atoms with Gasteiger partial charge in [-0.1, -0.05) is 0 Å². The maximum Gasteiger partial charge on any atom is 0.340 e. The summed E-state index contributed by atoms with van der Waals surface area (Å²) >= 11 is 3.78. The molecule has 0 aromatic rings. The lowest BCUT2D eigenvalue weighted by atomic mass is 10.3. The molecule has 0 bridgehead atoms. The Kier molecular flexibility index (Phi) is 2.34. The fourth-order valence-electron chi connectivity index (χ4n) is 1.16. The maximum absolute atomic E-state index is 11.1. The minimum Gasteiger partial charge on any atom is -0.479 e. The van der Waals surface area contributed by atoms with Gasteiger partial charge in [-0.2, -0.15) is 0 Å². The van der Waals surface area contributed by atoms with E-state index in [1.54, 1.807) is 0 Å². The fraction of sp³-hybridized carbons (Fsp3) is 0.571. The van der Waals surface area contributed by atoms with Crippen molar-refractivity contribution in [3.8, 4) is 0 Å². The SMILES string of the molecule is CC(S)(C(=O)O)N1C(=O)CCC1=O. The second-order valence-corrected chi connectivity index (χ2v) is 3.82. The third kappa shape index (κ3) is 1.53. The van der Waals surface area contributed by atoms with Crippen LogP contribution in [0.3, 0.4) is 0 Å². The molecule has 1 heterocycles. The molecule has 0 aromatic carbocycles. The smallest absolute Gasteiger partial charge is 0.340 e. The number of carbonyl (C=O) groups is 3. The second kappa shape index (κ2) is 3.02. The van der Waals surface area contributed by atoms with Crippen molar-refractivity contribution in [1.29, 1.82) is 0 Å². The number of amides is 2. The van der Waals surface area contributed by atoms with Gasteiger partial charge in [0.1, 0.15) is 0 Å². The van der Waals surface area contributed by atoms with Crippen molar-refractivity contribution in [2.45, 2.75) is 24.6 Å². The Hall–Kier alpha value is -1.04. The van der Waals surface area contributed by atoms with Crippen LogP contribution in [0.5, 0.6) is 0 Å². The highest BCUT2D eigenvalue weighted by Crippen LogP contribution is 2.26. The number of hydrogen-bond acceptors (Lipinski definition) is 4. The summed E-state index contributed by atoms with van der Waals surface area (Å²) in [6, 6.07) is 0. The zero-order valence-corrected chi connectivity index (χ0v) is 7.88. The number of carbonyl (C=O) groups excluding carboxylic acids is 2. The van der Waals surface area contributed by atoms with Crippen LogP contribution in [0.4, 0.5) is 0 Å². The molecule has 0 aromatic heterocycles. The predicted molar refractivity (Wildman–Crippen MR) is 46.1 cm³/mol. The topological polar surface area (TPSA) is 74.7 Å². The quantitative estimate of drug-likeness (QED) is 0.484. The van der Waals surface area contributed by atoms with E-state index in [4.69, 9.17) is 5.11 Å². The van der Waals surface area contributed by atoms with E-state index >= 15 is 0 Å². The van der Waals surface area contributed by atoms with Crippen molar-refractivity contribution >= 4 is 30.4 Å². The number of nitrogens with zero attached hydrogens (tertiary/aromatic N) is 1. The van der Waals surface area contributed by atoms with Crippen LogP contribution >= 0.6 is 12.6 Å². The summed E-state index contributed by atoms with van der Waals surface area (Å²) in [6.07, 6.45) is 0.143. The standard InChI is InChI=1S/C7H9NO4S/c1-7(13,6(11)12)8-4(9)2-3-5(8)10/h13H,2-3H2,1H3,(H,11,12). The zero-order chi connectivity index (χ0) is 10.2. The number of rotatable bonds is 2. The van der Waals surface area contributed by atoms with E-state index in [-0.39, 0.29) is 12.8 Å². The molecule has 1 saturated heterocycles. The lowest BCUT2D eigenvalue weighted by Crippen LogP contribution is -2.50. The van der Waals surface area contributed by atoms with Crippen molar-refractivity contribution in [3.63, 3.8) is 0 Å². The number of thiol groups is 1. The van der Waals surface area contributed by atoms with Gasteiger partial charge in [-0.05, 0) is 6.92 Å². The van der Waals surface area contributed by atoms with Gasteiger partial charge in [0.2, 0.25) is 11.8 Å². The number of imide groups is 1. The maximum atomic E-state index is 11.1. The largest absolute Gasteiger partial charge is 0.479 e. The first-order chi connectivity index (χ1) is 5.87. The monoisotopic (exact) mass is 203 g/mol. The van der Waals surface area contributed by atoms with Gasteiger partial charge in [0.05, 0.1) is 0 Å². The van der Waals surface area contributed by atoms with Gasteiger partial charge in [-0.3, -0.25) is 14.5 Å². The van der Waals surface area contributed by atoms with E-state index in [1.165, 1.54) is 6.92 Å². The average Bonchev–Trinajstić information content (AvgIpc) is 2.30. The molecule has 0 spiro atoms. The Labute approximate surface area is 80.1 Å². The Morgan fingerprint density at radius 1 is 1.46 bits per heavy atom. The van der Waals surface area contributed by atoms with Crippen molar-refractivity contribution < 1.29 is 19.5 Å². The van der Waals surface area contributed by atoms with Crippen LogP contribution < -0.4 is 0 Å². The number of carboxylic acid groups (broad SMARTS) is 1. The average molecular weight is 203 g/mol. The first-order valence-corrected chi connectivity index (χ1v) is 4.13. The zero-order valence-electron chi connectivity index (χ0n) is 6.98. The van der Waals surface area contributed by atoms with Crippen LogP contribution in [0, 0.1) is 0 Å². The van der Waals surface area contributed by atoms with E-state index < -0.39 is 22.7 Å². The van der Waals surface area contributed by atoms with E-state index in [0.717, 1.165) is 0 Å². The molecule has 0 aliphatic carbocycles. The van der Waals surface area contributed by atoms with Crippen LogP contribution in [-0.2, 0) is 14.4 Å². The van der Waals surface area contributed by atoms with Crippen LogP contribution in [0.15, 0.2) is 0 Å². The van der Waals surface area contributed by atoms with Gasteiger partial charge < -0.3 is 5.11 Å². The lowest BCUT2D eigenvalue weighted by Gasteiger charge is -2.28. The molecule has 72 valence electrons. The summed E-state index contributed by atoms with van der Waals surface area (Å²) in [5, 5.41) is 8.71. The molecule has 1 fully saturated rings. The van der Waals surface area contributed by atoms with Gasteiger partial charge in [0, 0.05) is 12.8 Å². The molecule has 6 heteroatoms.